The molecule has 1 saturated heterocycles. The maximum absolute atomic E-state index is 13.4. The number of hydrogen-bond donors (Lipinski definition) is 0. The van der Waals surface area contributed by atoms with Crippen molar-refractivity contribution in [3.63, 3.8) is 0 Å². The number of benzene rings is 3. The van der Waals surface area contributed by atoms with Crippen molar-refractivity contribution in [2.24, 2.45) is 0 Å². The Morgan fingerprint density at radius 2 is 1.57 bits per heavy atom. The summed E-state index contributed by atoms with van der Waals surface area (Å²) in [6.07, 6.45) is 1.60. The number of aromatic nitrogens is 1. The maximum atomic E-state index is 13.4. The van der Waals surface area contributed by atoms with Crippen molar-refractivity contribution < 1.29 is 22.7 Å². The first-order valence-corrected chi connectivity index (χ1v) is 13.7. The van der Waals surface area contributed by atoms with E-state index in [0.29, 0.717) is 18.5 Å². The highest BCUT2D eigenvalue weighted by Crippen LogP contribution is 2.33. The van der Waals surface area contributed by atoms with E-state index in [2.05, 4.69) is 4.90 Å². The number of fused-ring (bicyclic) bond motifs is 2. The summed E-state index contributed by atoms with van der Waals surface area (Å²) in [5, 5.41) is 0.618. The van der Waals surface area contributed by atoms with Crippen LogP contribution in [0.15, 0.2) is 88.8 Å². The zero-order chi connectivity index (χ0) is 25.4. The van der Waals surface area contributed by atoms with Crippen molar-refractivity contribution in [2.75, 3.05) is 33.0 Å². The molecule has 4 aromatic rings. The van der Waals surface area contributed by atoms with Crippen LogP contribution in [0.4, 0.5) is 0 Å². The normalized spacial score (nSPS) is 15.8. The zero-order valence-corrected chi connectivity index (χ0v) is 21.1. The molecule has 0 radical (unpaired) electrons. The van der Waals surface area contributed by atoms with Crippen molar-refractivity contribution in [3.8, 4) is 11.5 Å². The van der Waals surface area contributed by atoms with Gasteiger partial charge in [-0.3, -0.25) is 9.69 Å². The van der Waals surface area contributed by atoms with Gasteiger partial charge in [0.2, 0.25) is 22.5 Å². The third kappa shape index (κ3) is 4.56. The quantitative estimate of drug-likeness (QED) is 0.389. The molecular formula is C28H27N3O5S. The molecule has 0 N–H and O–H groups in total. The number of hydrogen-bond acceptors (Lipinski definition) is 6. The molecule has 0 spiro atoms. The Morgan fingerprint density at radius 3 is 2.38 bits per heavy atom. The van der Waals surface area contributed by atoms with E-state index < -0.39 is 9.84 Å². The van der Waals surface area contributed by atoms with Crippen LogP contribution in [0.25, 0.3) is 10.9 Å². The molecule has 0 saturated carbocycles. The molecule has 2 aliphatic rings. The van der Waals surface area contributed by atoms with Crippen LogP contribution >= 0.6 is 0 Å². The first kappa shape index (κ1) is 23.6. The maximum Gasteiger partial charge on any atom is 0.242 e. The first-order valence-electron chi connectivity index (χ1n) is 12.3. The molecule has 0 bridgehead atoms. The number of rotatable bonds is 6. The van der Waals surface area contributed by atoms with E-state index in [9.17, 15) is 13.2 Å². The van der Waals surface area contributed by atoms with E-state index in [4.69, 9.17) is 9.47 Å². The Kier molecular flexibility index (Phi) is 6.10. The van der Waals surface area contributed by atoms with Gasteiger partial charge < -0.3 is 18.9 Å². The van der Waals surface area contributed by atoms with Gasteiger partial charge in [0.15, 0.2) is 11.5 Å². The van der Waals surface area contributed by atoms with E-state index in [0.717, 1.165) is 42.2 Å². The van der Waals surface area contributed by atoms with Crippen LogP contribution < -0.4 is 9.47 Å². The first-order chi connectivity index (χ1) is 18.0. The van der Waals surface area contributed by atoms with Crippen LogP contribution in [-0.4, -0.2) is 61.7 Å². The second-order valence-corrected chi connectivity index (χ2v) is 11.2. The van der Waals surface area contributed by atoms with Gasteiger partial charge in [0.1, 0.15) is 6.54 Å². The molecule has 37 heavy (non-hydrogen) atoms. The fraction of sp³-hybridized carbons (Fsp3) is 0.250. The van der Waals surface area contributed by atoms with E-state index in [-0.39, 0.29) is 29.0 Å². The lowest BCUT2D eigenvalue weighted by Gasteiger charge is -2.35. The number of carbonyl (C=O) groups is 1. The number of piperazine rings is 1. The summed E-state index contributed by atoms with van der Waals surface area (Å²) in [5.74, 6) is 1.53. The lowest BCUT2D eigenvalue weighted by Crippen LogP contribution is -2.49. The van der Waals surface area contributed by atoms with Crippen molar-refractivity contribution in [1.29, 1.82) is 0 Å². The van der Waals surface area contributed by atoms with Crippen LogP contribution in [0.3, 0.4) is 0 Å². The molecule has 9 heteroatoms. The average Bonchev–Trinajstić information content (AvgIpc) is 3.54. The van der Waals surface area contributed by atoms with Crippen LogP contribution in [0.5, 0.6) is 11.5 Å². The highest BCUT2D eigenvalue weighted by Gasteiger charge is 2.26. The van der Waals surface area contributed by atoms with Gasteiger partial charge in [-0.05, 0) is 35.9 Å². The molecule has 2 aliphatic heterocycles. The Hall–Kier alpha value is -3.82. The van der Waals surface area contributed by atoms with Crippen LogP contribution in [0, 0.1) is 0 Å². The summed E-state index contributed by atoms with van der Waals surface area (Å²) in [7, 11) is -3.72. The van der Waals surface area contributed by atoms with Gasteiger partial charge >= 0.3 is 0 Å². The van der Waals surface area contributed by atoms with Crippen LogP contribution in [0.1, 0.15) is 5.56 Å². The van der Waals surface area contributed by atoms with Crippen LogP contribution in [-0.2, 0) is 27.7 Å². The molecule has 6 rings (SSSR count). The number of para-hydroxylation sites is 1. The van der Waals surface area contributed by atoms with E-state index >= 15 is 0 Å². The van der Waals surface area contributed by atoms with Gasteiger partial charge in [-0.15, -0.1) is 0 Å². The highest BCUT2D eigenvalue weighted by atomic mass is 32.2. The standard InChI is InChI=1S/C28H27N3O5S/c32-28(30-14-12-29(13-15-30)17-21-10-11-25-26(16-21)36-20-35-25)19-31-18-27(23-8-4-5-9-24(23)31)37(33,34)22-6-2-1-3-7-22/h1-11,16,18H,12-15,17,19-20H2. The van der Waals surface area contributed by atoms with Crippen molar-refractivity contribution in [2.45, 2.75) is 22.9 Å². The average molecular weight is 518 g/mol. The Balaban J connectivity index is 1.15. The molecule has 3 heterocycles. The molecule has 0 atom stereocenters. The topological polar surface area (TPSA) is 81.1 Å². The number of ether oxygens (including phenoxy) is 2. The number of carbonyl (C=O) groups excluding carboxylic acids is 1. The van der Waals surface area contributed by atoms with Crippen LogP contribution in [0.2, 0.25) is 0 Å². The van der Waals surface area contributed by atoms with Gasteiger partial charge in [-0.2, -0.15) is 0 Å². The van der Waals surface area contributed by atoms with Gasteiger partial charge in [0, 0.05) is 49.8 Å². The van der Waals surface area contributed by atoms with Crippen molar-refractivity contribution >= 4 is 26.6 Å². The lowest BCUT2D eigenvalue weighted by molar-refractivity contribution is -0.133. The van der Waals surface area contributed by atoms with Gasteiger partial charge in [-0.25, -0.2) is 8.42 Å². The minimum absolute atomic E-state index is 0.0212. The Morgan fingerprint density at radius 1 is 0.838 bits per heavy atom. The Labute approximate surface area is 215 Å². The number of nitrogens with zero attached hydrogens (tertiary/aromatic N) is 3. The van der Waals surface area contributed by atoms with E-state index in [1.807, 2.05) is 41.3 Å². The zero-order valence-electron chi connectivity index (χ0n) is 20.2. The summed E-state index contributed by atoms with van der Waals surface area (Å²) >= 11 is 0. The fourth-order valence-electron chi connectivity index (χ4n) is 4.98. The monoisotopic (exact) mass is 517 g/mol. The number of amides is 1. The molecule has 1 amide bonds. The second-order valence-electron chi connectivity index (χ2n) is 9.30. The van der Waals surface area contributed by atoms with E-state index in [1.165, 1.54) is 0 Å². The molecule has 190 valence electrons. The molecule has 1 aromatic heterocycles. The second kappa shape index (κ2) is 9.57. The van der Waals surface area contributed by atoms with Gasteiger partial charge in [-0.1, -0.05) is 42.5 Å². The van der Waals surface area contributed by atoms with Gasteiger partial charge in [0.05, 0.1) is 9.79 Å². The molecule has 0 aliphatic carbocycles. The van der Waals surface area contributed by atoms with Gasteiger partial charge in [0.25, 0.3) is 0 Å². The summed E-state index contributed by atoms with van der Waals surface area (Å²) in [4.78, 5) is 17.9. The highest BCUT2D eigenvalue weighted by molar-refractivity contribution is 7.91. The summed E-state index contributed by atoms with van der Waals surface area (Å²) in [6, 6.07) is 21.7. The summed E-state index contributed by atoms with van der Waals surface area (Å²) in [6.45, 7) is 3.90. The fourth-order valence-corrected chi connectivity index (χ4v) is 6.48. The molecule has 8 nitrogen and oxygen atoms in total. The van der Waals surface area contributed by atoms with Crippen molar-refractivity contribution in [1.82, 2.24) is 14.4 Å². The third-order valence-electron chi connectivity index (χ3n) is 6.97. The molecular weight excluding hydrogens is 490 g/mol. The SMILES string of the molecule is O=C(Cn1cc(S(=O)(=O)c2ccccc2)c2ccccc21)N1CCN(Cc2ccc3c(c2)OCO3)CC1. The lowest BCUT2D eigenvalue weighted by atomic mass is 10.1. The molecule has 1 fully saturated rings. The summed E-state index contributed by atoms with van der Waals surface area (Å²) < 4.78 is 39.4. The molecule has 3 aromatic carbocycles. The number of sulfone groups is 1. The minimum atomic E-state index is -3.72. The smallest absolute Gasteiger partial charge is 0.242 e. The Bertz CT molecular complexity index is 1560. The summed E-state index contributed by atoms with van der Waals surface area (Å²) in [5.41, 5.74) is 1.88. The molecule has 0 unspecified atom stereocenters. The predicted octanol–water partition coefficient (Wildman–Crippen LogP) is 3.55. The van der Waals surface area contributed by atoms with Crippen molar-refractivity contribution in [3.05, 3.63) is 84.6 Å². The minimum Gasteiger partial charge on any atom is -0.454 e. The van der Waals surface area contributed by atoms with E-state index in [1.54, 1.807) is 47.2 Å². The predicted molar refractivity (Wildman–Crippen MR) is 138 cm³/mol. The third-order valence-corrected chi connectivity index (χ3v) is 8.77. The largest absolute Gasteiger partial charge is 0.454 e.